The first-order chi connectivity index (χ1) is 9.34. The van der Waals surface area contributed by atoms with Gasteiger partial charge in [-0.3, -0.25) is 10.1 Å². The largest absolute Gasteiger partial charge is 0.289 e. The van der Waals surface area contributed by atoms with Crippen molar-refractivity contribution in [3.63, 3.8) is 0 Å². The molecule has 0 fully saturated rings. The van der Waals surface area contributed by atoms with Crippen molar-refractivity contribution in [3.8, 4) is 0 Å². The van der Waals surface area contributed by atoms with Crippen LogP contribution in [0.4, 0.5) is 5.69 Å². The summed E-state index contributed by atoms with van der Waals surface area (Å²) in [5.74, 6) is 0. The van der Waals surface area contributed by atoms with Gasteiger partial charge in [0, 0.05) is 19.2 Å². The Hall–Kier alpha value is -1.18. The minimum Gasteiger partial charge on any atom is -0.258 e. The Morgan fingerprint density at radius 3 is 2.50 bits per heavy atom. The molecule has 6 nitrogen and oxygen atoms in total. The first-order valence-electron chi connectivity index (χ1n) is 6.28. The van der Waals surface area contributed by atoms with Crippen LogP contribution in [0.3, 0.4) is 0 Å². The van der Waals surface area contributed by atoms with Gasteiger partial charge >= 0.3 is 0 Å². The Bertz CT molecular complexity index is 589. The number of unbranched alkanes of at least 4 members (excludes halogenated alkanes) is 1. The number of rotatable bonds is 7. The summed E-state index contributed by atoms with van der Waals surface area (Å²) in [6.07, 6.45) is 1.61. The lowest BCUT2D eigenvalue weighted by molar-refractivity contribution is -0.384. The maximum absolute atomic E-state index is 12.4. The summed E-state index contributed by atoms with van der Waals surface area (Å²) in [5.41, 5.74) is -0.403. The molecule has 0 heterocycles. The van der Waals surface area contributed by atoms with E-state index in [1.54, 1.807) is 6.92 Å². The van der Waals surface area contributed by atoms with Gasteiger partial charge in [0.1, 0.15) is 5.02 Å². The van der Waals surface area contributed by atoms with Crippen molar-refractivity contribution in [2.75, 3.05) is 13.1 Å². The molecule has 0 spiro atoms. The Morgan fingerprint density at radius 1 is 1.35 bits per heavy atom. The van der Waals surface area contributed by atoms with E-state index in [1.165, 1.54) is 16.4 Å². The minimum absolute atomic E-state index is 0.0782. The zero-order valence-corrected chi connectivity index (χ0v) is 12.9. The average molecular weight is 321 g/mol. The molecular weight excluding hydrogens is 304 g/mol. The number of benzene rings is 1. The van der Waals surface area contributed by atoms with Gasteiger partial charge < -0.3 is 0 Å². The molecule has 0 bridgehead atoms. The molecule has 0 saturated heterocycles. The summed E-state index contributed by atoms with van der Waals surface area (Å²) in [7, 11) is -3.73. The number of hydrogen-bond acceptors (Lipinski definition) is 4. The second kappa shape index (κ2) is 7.01. The molecule has 0 aliphatic rings. The summed E-state index contributed by atoms with van der Waals surface area (Å²) in [6, 6.07) is 3.53. The highest BCUT2D eigenvalue weighted by molar-refractivity contribution is 7.89. The lowest BCUT2D eigenvalue weighted by Crippen LogP contribution is -2.31. The predicted octanol–water partition coefficient (Wildman–Crippen LogP) is 3.06. The normalized spacial score (nSPS) is 11.8. The number of nitrogens with zero attached hydrogens (tertiary/aromatic N) is 2. The molecule has 0 saturated carbocycles. The van der Waals surface area contributed by atoms with Gasteiger partial charge in [-0.1, -0.05) is 31.9 Å². The van der Waals surface area contributed by atoms with Crippen LogP contribution in [0.15, 0.2) is 23.1 Å². The third-order valence-corrected chi connectivity index (χ3v) is 5.16. The van der Waals surface area contributed by atoms with Crippen molar-refractivity contribution in [2.24, 2.45) is 0 Å². The Labute approximate surface area is 123 Å². The molecular formula is C12H17ClN2O4S. The van der Waals surface area contributed by atoms with Crippen LogP contribution in [0, 0.1) is 10.1 Å². The van der Waals surface area contributed by atoms with Gasteiger partial charge in [0.2, 0.25) is 10.0 Å². The number of nitro groups is 1. The molecule has 0 aliphatic heterocycles. The van der Waals surface area contributed by atoms with Gasteiger partial charge in [0.25, 0.3) is 5.69 Å². The van der Waals surface area contributed by atoms with Gasteiger partial charge in [0.15, 0.2) is 0 Å². The van der Waals surface area contributed by atoms with Crippen LogP contribution in [0.5, 0.6) is 0 Å². The number of sulfonamides is 1. The SMILES string of the molecule is CCCCN(CC)S(=O)(=O)c1ccc(Cl)c([N+](=O)[O-])c1. The minimum atomic E-state index is -3.73. The fraction of sp³-hybridized carbons (Fsp3) is 0.500. The van der Waals surface area contributed by atoms with E-state index in [1.807, 2.05) is 6.92 Å². The third-order valence-electron chi connectivity index (χ3n) is 2.87. The first-order valence-corrected chi connectivity index (χ1v) is 8.10. The molecule has 20 heavy (non-hydrogen) atoms. The number of hydrogen-bond donors (Lipinski definition) is 0. The summed E-state index contributed by atoms with van der Waals surface area (Å²) < 4.78 is 26.1. The van der Waals surface area contributed by atoms with E-state index in [9.17, 15) is 18.5 Å². The molecule has 112 valence electrons. The van der Waals surface area contributed by atoms with Crippen LogP contribution < -0.4 is 0 Å². The van der Waals surface area contributed by atoms with Crippen LogP contribution >= 0.6 is 11.6 Å². The monoisotopic (exact) mass is 320 g/mol. The Morgan fingerprint density at radius 2 is 2.00 bits per heavy atom. The topological polar surface area (TPSA) is 80.5 Å². The maximum atomic E-state index is 12.4. The highest BCUT2D eigenvalue weighted by Gasteiger charge is 2.25. The summed E-state index contributed by atoms with van der Waals surface area (Å²) >= 11 is 5.69. The van der Waals surface area contributed by atoms with E-state index >= 15 is 0 Å². The third kappa shape index (κ3) is 3.68. The Balaban J connectivity index is 3.20. The average Bonchev–Trinajstić information content (AvgIpc) is 2.39. The lowest BCUT2D eigenvalue weighted by Gasteiger charge is -2.20. The molecule has 1 rings (SSSR count). The number of nitro benzene ring substituents is 1. The molecule has 0 unspecified atom stereocenters. The molecule has 0 atom stereocenters. The molecule has 0 aromatic heterocycles. The molecule has 0 N–H and O–H groups in total. The molecule has 8 heteroatoms. The maximum Gasteiger partial charge on any atom is 0.289 e. The van der Waals surface area contributed by atoms with Crippen molar-refractivity contribution in [1.82, 2.24) is 4.31 Å². The van der Waals surface area contributed by atoms with Crippen molar-refractivity contribution < 1.29 is 13.3 Å². The van der Waals surface area contributed by atoms with Crippen LogP contribution in [0.1, 0.15) is 26.7 Å². The van der Waals surface area contributed by atoms with Crippen molar-refractivity contribution in [2.45, 2.75) is 31.6 Å². The van der Waals surface area contributed by atoms with Crippen LogP contribution in [0.2, 0.25) is 5.02 Å². The summed E-state index contributed by atoms with van der Waals surface area (Å²) in [4.78, 5) is 10.0. The lowest BCUT2D eigenvalue weighted by atomic mass is 10.3. The second-order valence-electron chi connectivity index (χ2n) is 4.22. The predicted molar refractivity (Wildman–Crippen MR) is 77.4 cm³/mol. The smallest absolute Gasteiger partial charge is 0.258 e. The van der Waals surface area contributed by atoms with Gasteiger partial charge in [0.05, 0.1) is 9.82 Å². The Kier molecular flexibility index (Phi) is 5.91. The van der Waals surface area contributed by atoms with E-state index in [-0.39, 0.29) is 9.92 Å². The molecule has 0 aliphatic carbocycles. The second-order valence-corrected chi connectivity index (χ2v) is 6.57. The molecule has 1 aromatic carbocycles. The molecule has 0 amide bonds. The highest BCUT2D eigenvalue weighted by Crippen LogP contribution is 2.28. The summed E-state index contributed by atoms with van der Waals surface area (Å²) in [5, 5.41) is 10.7. The summed E-state index contributed by atoms with van der Waals surface area (Å²) in [6.45, 7) is 4.41. The van der Waals surface area contributed by atoms with Crippen molar-refractivity contribution >= 4 is 27.3 Å². The van der Waals surface area contributed by atoms with E-state index in [2.05, 4.69) is 0 Å². The van der Waals surface area contributed by atoms with Crippen molar-refractivity contribution in [3.05, 3.63) is 33.3 Å². The van der Waals surface area contributed by atoms with E-state index in [0.717, 1.165) is 18.9 Å². The van der Waals surface area contributed by atoms with Crippen LogP contribution in [0.25, 0.3) is 0 Å². The van der Waals surface area contributed by atoms with Gasteiger partial charge in [-0.15, -0.1) is 0 Å². The number of halogens is 1. The fourth-order valence-electron chi connectivity index (χ4n) is 1.72. The van der Waals surface area contributed by atoms with Gasteiger partial charge in [-0.2, -0.15) is 4.31 Å². The van der Waals surface area contributed by atoms with Gasteiger partial charge in [-0.05, 0) is 18.6 Å². The quantitative estimate of drug-likeness (QED) is 0.571. The highest BCUT2D eigenvalue weighted by atomic mass is 35.5. The van der Waals surface area contributed by atoms with Crippen molar-refractivity contribution in [1.29, 1.82) is 0 Å². The zero-order chi connectivity index (χ0) is 15.3. The molecule has 0 radical (unpaired) electrons. The van der Waals surface area contributed by atoms with Crippen LogP contribution in [-0.4, -0.2) is 30.7 Å². The first kappa shape index (κ1) is 16.9. The van der Waals surface area contributed by atoms with E-state index < -0.39 is 20.6 Å². The van der Waals surface area contributed by atoms with Crippen LogP contribution in [-0.2, 0) is 10.0 Å². The van der Waals surface area contributed by atoms with E-state index in [4.69, 9.17) is 11.6 Å². The fourth-order valence-corrected chi connectivity index (χ4v) is 3.42. The zero-order valence-electron chi connectivity index (χ0n) is 11.4. The van der Waals surface area contributed by atoms with E-state index in [0.29, 0.717) is 13.1 Å². The van der Waals surface area contributed by atoms with Gasteiger partial charge in [-0.25, -0.2) is 8.42 Å². The molecule has 1 aromatic rings. The standard InChI is InChI=1S/C12H17ClN2O4S/c1-3-5-8-14(4-2)20(18,19)10-6-7-11(13)12(9-10)15(16)17/h6-7,9H,3-5,8H2,1-2H3.